The predicted molar refractivity (Wildman–Crippen MR) is 71.7 cm³/mol. The van der Waals surface area contributed by atoms with Crippen LogP contribution in [0.2, 0.25) is 0 Å². The average molecular weight is 224 g/mol. The third-order valence-corrected chi connectivity index (χ3v) is 3.59. The van der Waals surface area contributed by atoms with E-state index >= 15 is 0 Å². The molecule has 1 aliphatic rings. The molecule has 16 heavy (non-hydrogen) atoms. The number of hydrogen-bond acceptors (Lipinski definition) is 2. The zero-order valence-corrected chi connectivity index (χ0v) is 11.4. The first-order chi connectivity index (χ1) is 7.56. The molecule has 0 radical (unpaired) electrons. The maximum atomic E-state index is 3.87. The van der Waals surface area contributed by atoms with E-state index in [9.17, 15) is 0 Å². The van der Waals surface area contributed by atoms with Crippen molar-refractivity contribution in [2.24, 2.45) is 5.92 Å². The monoisotopic (exact) mass is 224 g/mol. The predicted octanol–water partition coefficient (Wildman–Crippen LogP) is 2.66. The number of hydrogen-bond donors (Lipinski definition) is 1. The summed E-state index contributed by atoms with van der Waals surface area (Å²) in [6, 6.07) is 2.00. The highest BCUT2D eigenvalue weighted by atomic mass is 15.2. The summed E-state index contributed by atoms with van der Waals surface area (Å²) >= 11 is 0. The summed E-state index contributed by atoms with van der Waals surface area (Å²) < 4.78 is 0. The highest BCUT2D eigenvalue weighted by Crippen LogP contribution is 2.32. The lowest BCUT2D eigenvalue weighted by molar-refractivity contribution is 0.0470. The minimum atomic E-state index is 0.605. The van der Waals surface area contributed by atoms with Gasteiger partial charge in [-0.1, -0.05) is 19.9 Å². The van der Waals surface area contributed by atoms with Crippen molar-refractivity contribution in [3.63, 3.8) is 0 Å². The van der Waals surface area contributed by atoms with Crippen molar-refractivity contribution in [1.82, 2.24) is 10.2 Å². The minimum Gasteiger partial charge on any atom is -0.314 e. The van der Waals surface area contributed by atoms with E-state index in [0.29, 0.717) is 12.1 Å². The van der Waals surface area contributed by atoms with Crippen LogP contribution in [0, 0.1) is 5.92 Å². The Bertz CT molecular complexity index is 211. The number of rotatable bonds is 7. The Labute approximate surface area is 101 Å². The molecular weight excluding hydrogens is 196 g/mol. The van der Waals surface area contributed by atoms with E-state index in [1.165, 1.54) is 19.4 Å². The van der Waals surface area contributed by atoms with Crippen molar-refractivity contribution in [3.8, 4) is 0 Å². The van der Waals surface area contributed by atoms with Gasteiger partial charge in [0.2, 0.25) is 0 Å². The Morgan fingerprint density at radius 2 is 2.00 bits per heavy atom. The van der Waals surface area contributed by atoms with Crippen LogP contribution in [0.1, 0.15) is 40.5 Å². The number of nitrogens with zero attached hydrogens (tertiary/aromatic N) is 1. The average Bonchev–Trinajstić information content (AvgIpc) is 2.14. The van der Waals surface area contributed by atoms with Crippen molar-refractivity contribution >= 4 is 0 Å². The van der Waals surface area contributed by atoms with Gasteiger partial charge in [-0.05, 0) is 39.2 Å². The van der Waals surface area contributed by atoms with Crippen molar-refractivity contribution in [2.75, 3.05) is 13.1 Å². The minimum absolute atomic E-state index is 0.605. The molecular formula is C14H28N2. The van der Waals surface area contributed by atoms with Crippen LogP contribution < -0.4 is 5.32 Å². The van der Waals surface area contributed by atoms with Gasteiger partial charge in [0.15, 0.2) is 0 Å². The molecule has 0 saturated heterocycles. The van der Waals surface area contributed by atoms with Gasteiger partial charge in [-0.15, -0.1) is 6.58 Å². The molecule has 1 fully saturated rings. The molecule has 0 spiro atoms. The summed E-state index contributed by atoms with van der Waals surface area (Å²) in [6.07, 6.45) is 4.77. The van der Waals surface area contributed by atoms with Crippen LogP contribution in [0.3, 0.4) is 0 Å². The summed E-state index contributed by atoms with van der Waals surface area (Å²) in [7, 11) is 0. The summed E-state index contributed by atoms with van der Waals surface area (Å²) in [4.78, 5) is 2.59. The molecule has 1 saturated carbocycles. The molecule has 0 amide bonds. The zero-order valence-electron chi connectivity index (χ0n) is 11.4. The van der Waals surface area contributed by atoms with E-state index < -0.39 is 0 Å². The van der Waals surface area contributed by atoms with Crippen LogP contribution in [0.25, 0.3) is 0 Å². The SMILES string of the molecule is C=CCN(C(C)C)C1CCC1CNC(C)C. The first kappa shape index (κ1) is 13.7. The van der Waals surface area contributed by atoms with Gasteiger partial charge in [0.05, 0.1) is 0 Å². The van der Waals surface area contributed by atoms with E-state index in [2.05, 4.69) is 44.5 Å². The van der Waals surface area contributed by atoms with Crippen molar-refractivity contribution in [2.45, 2.75) is 58.7 Å². The first-order valence-corrected chi connectivity index (χ1v) is 6.66. The molecule has 2 atom stereocenters. The van der Waals surface area contributed by atoms with E-state index in [1.807, 2.05) is 6.08 Å². The Balaban J connectivity index is 2.42. The lowest BCUT2D eigenvalue weighted by Gasteiger charge is -2.46. The fourth-order valence-corrected chi connectivity index (χ4v) is 2.49. The highest BCUT2D eigenvalue weighted by Gasteiger charge is 2.35. The van der Waals surface area contributed by atoms with Gasteiger partial charge >= 0.3 is 0 Å². The molecule has 2 nitrogen and oxygen atoms in total. The van der Waals surface area contributed by atoms with Gasteiger partial charge in [0.25, 0.3) is 0 Å². The van der Waals surface area contributed by atoms with Crippen LogP contribution >= 0.6 is 0 Å². The van der Waals surface area contributed by atoms with Crippen LogP contribution in [0.4, 0.5) is 0 Å². The van der Waals surface area contributed by atoms with E-state index in [0.717, 1.165) is 18.5 Å². The molecule has 2 unspecified atom stereocenters. The van der Waals surface area contributed by atoms with Gasteiger partial charge in [0, 0.05) is 24.7 Å². The van der Waals surface area contributed by atoms with Gasteiger partial charge in [-0.25, -0.2) is 0 Å². The molecule has 0 bridgehead atoms. The third kappa shape index (κ3) is 3.60. The van der Waals surface area contributed by atoms with Gasteiger partial charge < -0.3 is 5.32 Å². The molecule has 0 aromatic heterocycles. The molecule has 0 aliphatic heterocycles. The summed E-state index contributed by atoms with van der Waals surface area (Å²) in [5.41, 5.74) is 0. The van der Waals surface area contributed by atoms with E-state index in [1.54, 1.807) is 0 Å². The molecule has 1 N–H and O–H groups in total. The van der Waals surface area contributed by atoms with Crippen LogP contribution in [0.15, 0.2) is 12.7 Å². The highest BCUT2D eigenvalue weighted by molar-refractivity contribution is 4.93. The second kappa shape index (κ2) is 6.41. The lowest BCUT2D eigenvalue weighted by atomic mass is 9.77. The standard InChI is InChI=1S/C14H28N2/c1-6-9-16(12(4)5)14-8-7-13(14)10-15-11(2)3/h6,11-15H,1,7-10H2,2-5H3. The van der Waals surface area contributed by atoms with E-state index in [4.69, 9.17) is 0 Å². The topological polar surface area (TPSA) is 15.3 Å². The maximum Gasteiger partial charge on any atom is 0.0166 e. The van der Waals surface area contributed by atoms with Gasteiger partial charge in [0.1, 0.15) is 0 Å². The molecule has 94 valence electrons. The van der Waals surface area contributed by atoms with Gasteiger partial charge in [-0.3, -0.25) is 4.90 Å². The normalized spacial score (nSPS) is 25.2. The Hall–Kier alpha value is -0.340. The van der Waals surface area contributed by atoms with Crippen molar-refractivity contribution < 1.29 is 0 Å². The van der Waals surface area contributed by atoms with Crippen LogP contribution in [0.5, 0.6) is 0 Å². The second-order valence-electron chi connectivity index (χ2n) is 5.55. The molecule has 0 aromatic carbocycles. The van der Waals surface area contributed by atoms with Crippen molar-refractivity contribution in [1.29, 1.82) is 0 Å². The Morgan fingerprint density at radius 3 is 2.38 bits per heavy atom. The first-order valence-electron chi connectivity index (χ1n) is 6.66. The van der Waals surface area contributed by atoms with Crippen LogP contribution in [-0.4, -0.2) is 36.1 Å². The van der Waals surface area contributed by atoms with Crippen molar-refractivity contribution in [3.05, 3.63) is 12.7 Å². The Morgan fingerprint density at radius 1 is 1.31 bits per heavy atom. The van der Waals surface area contributed by atoms with E-state index in [-0.39, 0.29) is 0 Å². The molecule has 1 rings (SSSR count). The van der Waals surface area contributed by atoms with Crippen LogP contribution in [-0.2, 0) is 0 Å². The quantitative estimate of drug-likeness (QED) is 0.669. The smallest absolute Gasteiger partial charge is 0.0166 e. The molecule has 1 aliphatic carbocycles. The summed E-state index contributed by atoms with van der Waals surface area (Å²) in [5, 5.41) is 3.56. The zero-order chi connectivity index (χ0) is 12.1. The molecule has 2 heteroatoms. The summed E-state index contributed by atoms with van der Waals surface area (Å²) in [6.45, 7) is 15.1. The maximum absolute atomic E-state index is 3.87. The summed E-state index contributed by atoms with van der Waals surface area (Å²) in [5.74, 6) is 0.838. The Kier molecular flexibility index (Phi) is 5.50. The number of nitrogens with one attached hydrogen (secondary N) is 1. The van der Waals surface area contributed by atoms with Gasteiger partial charge in [-0.2, -0.15) is 0 Å². The molecule has 0 aromatic rings. The fourth-order valence-electron chi connectivity index (χ4n) is 2.49. The molecule has 0 heterocycles. The third-order valence-electron chi connectivity index (χ3n) is 3.59. The lowest BCUT2D eigenvalue weighted by Crippen LogP contribution is -2.53. The second-order valence-corrected chi connectivity index (χ2v) is 5.55. The largest absolute Gasteiger partial charge is 0.314 e. The fraction of sp³-hybridized carbons (Fsp3) is 0.857.